The molecule has 4 aromatic rings. The van der Waals surface area contributed by atoms with Crippen molar-refractivity contribution in [2.24, 2.45) is 0 Å². The summed E-state index contributed by atoms with van der Waals surface area (Å²) in [4.78, 5) is 7.73. The van der Waals surface area contributed by atoms with Gasteiger partial charge in [-0.25, -0.2) is 22.8 Å². The second-order valence-corrected chi connectivity index (χ2v) is 9.98. The van der Waals surface area contributed by atoms with Crippen molar-refractivity contribution in [2.45, 2.75) is 24.3 Å². The zero-order chi connectivity index (χ0) is 25.0. The van der Waals surface area contributed by atoms with Crippen LogP contribution in [0.2, 0.25) is 0 Å². The second-order valence-electron chi connectivity index (χ2n) is 7.56. The first-order valence-electron chi connectivity index (χ1n) is 10.4. The van der Waals surface area contributed by atoms with Crippen molar-refractivity contribution in [3.05, 3.63) is 66.5 Å². The van der Waals surface area contributed by atoms with Gasteiger partial charge in [0.25, 0.3) is 0 Å². The summed E-state index contributed by atoms with van der Waals surface area (Å²) in [5.41, 5.74) is 1.01. The van der Waals surface area contributed by atoms with Gasteiger partial charge in [-0.05, 0) is 25.1 Å². The normalized spacial score (nSPS) is 12.3. The molecule has 0 fully saturated rings. The lowest BCUT2D eigenvalue weighted by Gasteiger charge is -2.18. The lowest BCUT2D eigenvalue weighted by atomic mass is 10.2. The largest absolute Gasteiger partial charge is 0.494 e. The molecule has 0 aliphatic heterocycles. The lowest BCUT2D eigenvalue weighted by Crippen LogP contribution is -2.24. The minimum Gasteiger partial charge on any atom is -0.494 e. The summed E-state index contributed by atoms with van der Waals surface area (Å²) in [6, 6.07) is 6.88. The SMILES string of the molecule is COc1cccc(OC)c1-n1c(CS(=O)(=O)[C@H](C)Cc2ncc(F)cn2)nnc1-c1ccnnc1. The van der Waals surface area contributed by atoms with Gasteiger partial charge in [0.1, 0.15) is 28.8 Å². The topological polar surface area (TPSA) is 135 Å². The monoisotopic (exact) mass is 499 g/mol. The molecule has 0 spiro atoms. The van der Waals surface area contributed by atoms with Gasteiger partial charge in [-0.15, -0.1) is 10.2 Å². The molecule has 13 heteroatoms. The van der Waals surface area contributed by atoms with Gasteiger partial charge < -0.3 is 9.47 Å². The van der Waals surface area contributed by atoms with Gasteiger partial charge in [-0.3, -0.25) is 4.57 Å². The fourth-order valence-electron chi connectivity index (χ4n) is 3.46. The highest BCUT2D eigenvalue weighted by molar-refractivity contribution is 7.91. The minimum absolute atomic E-state index is 0.00978. The Morgan fingerprint density at radius 3 is 2.29 bits per heavy atom. The molecule has 0 saturated heterocycles. The molecule has 0 amide bonds. The fourth-order valence-corrected chi connectivity index (χ4v) is 4.69. The molecule has 0 bridgehead atoms. The number of aromatic nitrogens is 7. The standard InChI is InChI=1S/C22H22FN7O4S/c1-14(9-19-24-11-16(23)12-25-19)35(31,32)13-20-28-29-22(15-7-8-26-27-10-15)30(20)21-17(33-2)5-4-6-18(21)34-3/h4-8,10-12,14H,9,13H2,1-3H3/t14-/m1/s1. The van der Waals surface area contributed by atoms with Gasteiger partial charge in [-0.2, -0.15) is 10.2 Å². The van der Waals surface area contributed by atoms with E-state index in [2.05, 4.69) is 30.4 Å². The van der Waals surface area contributed by atoms with Crippen molar-refractivity contribution in [2.75, 3.05) is 14.2 Å². The number of hydrogen-bond acceptors (Lipinski definition) is 10. The maximum Gasteiger partial charge on any atom is 0.170 e. The molecule has 0 unspecified atom stereocenters. The summed E-state index contributed by atoms with van der Waals surface area (Å²) in [6.07, 6.45) is 5.00. The molecule has 0 saturated carbocycles. The zero-order valence-electron chi connectivity index (χ0n) is 19.2. The number of ether oxygens (including phenoxy) is 2. The van der Waals surface area contributed by atoms with E-state index in [1.165, 1.54) is 26.6 Å². The summed E-state index contributed by atoms with van der Waals surface area (Å²) in [5.74, 6) is 0.522. The zero-order valence-corrected chi connectivity index (χ0v) is 20.0. The Balaban J connectivity index is 1.79. The van der Waals surface area contributed by atoms with Gasteiger partial charge in [-0.1, -0.05) is 6.07 Å². The predicted octanol–water partition coefficient (Wildman–Crippen LogP) is 2.22. The van der Waals surface area contributed by atoms with Crippen LogP contribution in [0.15, 0.2) is 49.1 Å². The van der Waals surface area contributed by atoms with Crippen LogP contribution < -0.4 is 9.47 Å². The summed E-state index contributed by atoms with van der Waals surface area (Å²) in [6.45, 7) is 1.54. The van der Waals surface area contributed by atoms with Gasteiger partial charge in [0.2, 0.25) is 0 Å². The van der Waals surface area contributed by atoms with Crippen LogP contribution in [0.3, 0.4) is 0 Å². The van der Waals surface area contributed by atoms with Gasteiger partial charge in [0, 0.05) is 12.0 Å². The molecule has 0 aliphatic carbocycles. The van der Waals surface area contributed by atoms with E-state index in [4.69, 9.17) is 9.47 Å². The van der Waals surface area contributed by atoms with Crippen LogP contribution in [0.4, 0.5) is 4.39 Å². The molecular formula is C22H22FN7O4S. The molecule has 3 heterocycles. The fraction of sp³-hybridized carbons (Fsp3) is 0.273. The molecule has 1 atom stereocenters. The molecule has 35 heavy (non-hydrogen) atoms. The molecule has 0 N–H and O–H groups in total. The van der Waals surface area contributed by atoms with Crippen LogP contribution in [0.1, 0.15) is 18.6 Å². The van der Waals surface area contributed by atoms with E-state index in [0.29, 0.717) is 28.6 Å². The Labute approximate surface area is 200 Å². The second kappa shape index (κ2) is 10.1. The van der Waals surface area contributed by atoms with Crippen molar-refractivity contribution < 1.29 is 22.3 Å². The smallest absolute Gasteiger partial charge is 0.170 e. The average Bonchev–Trinajstić information content (AvgIpc) is 3.27. The maximum atomic E-state index is 13.3. The minimum atomic E-state index is -3.77. The van der Waals surface area contributed by atoms with E-state index in [9.17, 15) is 12.8 Å². The van der Waals surface area contributed by atoms with Gasteiger partial charge in [0.05, 0.1) is 44.3 Å². The van der Waals surface area contributed by atoms with Gasteiger partial charge in [0.15, 0.2) is 27.3 Å². The number of rotatable bonds is 9. The Kier molecular flexibility index (Phi) is 6.96. The summed E-state index contributed by atoms with van der Waals surface area (Å²) < 4.78 is 52.4. The van der Waals surface area contributed by atoms with Crippen molar-refractivity contribution in [3.8, 4) is 28.6 Å². The van der Waals surface area contributed by atoms with E-state index in [1.54, 1.807) is 35.8 Å². The summed E-state index contributed by atoms with van der Waals surface area (Å²) in [5, 5.41) is 15.3. The molecule has 182 valence electrons. The Morgan fingerprint density at radius 2 is 1.69 bits per heavy atom. The average molecular weight is 500 g/mol. The first kappa shape index (κ1) is 24.1. The van der Waals surface area contributed by atoms with Crippen LogP contribution in [0, 0.1) is 5.82 Å². The summed E-state index contributed by atoms with van der Waals surface area (Å²) in [7, 11) is -0.772. The van der Waals surface area contributed by atoms with Crippen LogP contribution >= 0.6 is 0 Å². The van der Waals surface area contributed by atoms with E-state index in [0.717, 1.165) is 12.4 Å². The van der Waals surface area contributed by atoms with E-state index in [-0.39, 0.29) is 18.1 Å². The van der Waals surface area contributed by atoms with Crippen LogP contribution in [-0.2, 0) is 22.0 Å². The number of sulfone groups is 1. The highest BCUT2D eigenvalue weighted by Gasteiger charge is 2.29. The van der Waals surface area contributed by atoms with Gasteiger partial charge >= 0.3 is 0 Å². The highest BCUT2D eigenvalue weighted by atomic mass is 32.2. The van der Waals surface area contributed by atoms with E-state index < -0.39 is 26.7 Å². The first-order valence-corrected chi connectivity index (χ1v) is 12.2. The highest BCUT2D eigenvalue weighted by Crippen LogP contribution is 2.36. The molecule has 3 aromatic heterocycles. The number of methoxy groups -OCH3 is 2. The third-order valence-electron chi connectivity index (χ3n) is 5.29. The molecule has 0 aliphatic rings. The third kappa shape index (κ3) is 5.09. The number of para-hydroxylation sites is 1. The predicted molar refractivity (Wildman–Crippen MR) is 123 cm³/mol. The first-order chi connectivity index (χ1) is 16.8. The molecule has 4 rings (SSSR count). The van der Waals surface area contributed by atoms with E-state index in [1.807, 2.05) is 0 Å². The van der Waals surface area contributed by atoms with Crippen LogP contribution in [0.25, 0.3) is 17.1 Å². The molecule has 1 aromatic carbocycles. The molecule has 11 nitrogen and oxygen atoms in total. The van der Waals surface area contributed by atoms with E-state index >= 15 is 0 Å². The van der Waals surface area contributed by atoms with Crippen molar-refractivity contribution in [3.63, 3.8) is 0 Å². The Hall–Kier alpha value is -4.00. The number of hydrogen-bond donors (Lipinski definition) is 0. The quantitative estimate of drug-likeness (QED) is 0.337. The van der Waals surface area contributed by atoms with Crippen LogP contribution in [0.5, 0.6) is 11.5 Å². The Bertz CT molecular complexity index is 1390. The number of halogens is 1. The molecule has 0 radical (unpaired) electrons. The number of nitrogens with zero attached hydrogens (tertiary/aromatic N) is 7. The lowest BCUT2D eigenvalue weighted by molar-refractivity contribution is 0.391. The van der Waals surface area contributed by atoms with Crippen molar-refractivity contribution >= 4 is 9.84 Å². The maximum absolute atomic E-state index is 13.3. The summed E-state index contributed by atoms with van der Waals surface area (Å²) >= 11 is 0. The van der Waals surface area contributed by atoms with Crippen LogP contribution in [-0.4, -0.2) is 62.8 Å². The Morgan fingerprint density at radius 1 is 1.00 bits per heavy atom. The van der Waals surface area contributed by atoms with Crippen molar-refractivity contribution in [1.82, 2.24) is 34.9 Å². The number of benzene rings is 1. The third-order valence-corrected chi connectivity index (χ3v) is 7.34. The molecular weight excluding hydrogens is 477 g/mol. The van der Waals surface area contributed by atoms with Crippen molar-refractivity contribution in [1.29, 1.82) is 0 Å².